The number of thioether (sulfide) groups is 1. The quantitative estimate of drug-likeness (QED) is 0.798. The predicted octanol–water partition coefficient (Wildman–Crippen LogP) is 3.64. The van der Waals surface area contributed by atoms with Crippen molar-refractivity contribution in [3.05, 3.63) is 54.1 Å². The number of amides is 2. The zero-order valence-electron chi connectivity index (χ0n) is 15.2. The molecule has 0 radical (unpaired) electrons. The maximum Gasteiger partial charge on any atom is 0.240 e. The number of anilines is 1. The van der Waals surface area contributed by atoms with Crippen molar-refractivity contribution in [3.8, 4) is 5.75 Å². The van der Waals surface area contributed by atoms with Crippen molar-refractivity contribution in [1.29, 1.82) is 0 Å². The van der Waals surface area contributed by atoms with Crippen LogP contribution in [-0.4, -0.2) is 28.8 Å². The van der Waals surface area contributed by atoms with E-state index in [2.05, 4.69) is 15.6 Å². The van der Waals surface area contributed by atoms with Crippen molar-refractivity contribution >= 4 is 40.1 Å². The molecule has 0 saturated carbocycles. The van der Waals surface area contributed by atoms with E-state index in [9.17, 15) is 9.59 Å². The van der Waals surface area contributed by atoms with Crippen LogP contribution in [0.1, 0.15) is 18.9 Å². The molecule has 27 heavy (non-hydrogen) atoms. The van der Waals surface area contributed by atoms with Crippen LogP contribution >= 0.6 is 11.8 Å². The minimum atomic E-state index is -0.489. The minimum absolute atomic E-state index is 0.0900. The van der Waals surface area contributed by atoms with E-state index < -0.39 is 5.25 Å². The van der Waals surface area contributed by atoms with Crippen LogP contribution in [0.5, 0.6) is 5.75 Å². The van der Waals surface area contributed by atoms with Crippen LogP contribution in [0.4, 0.5) is 11.4 Å². The van der Waals surface area contributed by atoms with E-state index in [1.165, 1.54) is 11.8 Å². The molecular formula is C20H21N3O3S. The monoisotopic (exact) mass is 383 g/mol. The highest BCUT2D eigenvalue weighted by molar-refractivity contribution is 8.15. The van der Waals surface area contributed by atoms with Gasteiger partial charge in [-0.3, -0.25) is 9.59 Å². The number of ether oxygens (including phenoxy) is 1. The van der Waals surface area contributed by atoms with Gasteiger partial charge in [0.1, 0.15) is 11.0 Å². The number of aryl methyl sites for hydroxylation is 1. The molecule has 2 N–H and O–H groups in total. The molecule has 3 rings (SSSR count). The summed E-state index contributed by atoms with van der Waals surface area (Å²) in [5.74, 6) is 0.368. The second kappa shape index (κ2) is 8.73. The molecule has 2 amide bonds. The lowest BCUT2D eigenvalue weighted by Gasteiger charge is -2.07. The Balaban J connectivity index is 1.57. The number of carbonyl (C=O) groups is 2. The summed E-state index contributed by atoms with van der Waals surface area (Å²) in [4.78, 5) is 28.8. The first-order valence-electron chi connectivity index (χ1n) is 8.69. The van der Waals surface area contributed by atoms with Crippen molar-refractivity contribution in [2.45, 2.75) is 25.5 Å². The number of hydrogen-bond acceptors (Lipinski definition) is 5. The Morgan fingerprint density at radius 2 is 1.89 bits per heavy atom. The summed E-state index contributed by atoms with van der Waals surface area (Å²) in [6.45, 7) is 4.51. The molecule has 1 aliphatic rings. The third-order valence-corrected chi connectivity index (χ3v) is 4.94. The van der Waals surface area contributed by atoms with Crippen LogP contribution in [0.3, 0.4) is 0 Å². The third-order valence-electron chi connectivity index (χ3n) is 3.86. The summed E-state index contributed by atoms with van der Waals surface area (Å²) in [5.41, 5.74) is 2.55. The molecule has 0 aliphatic carbocycles. The van der Waals surface area contributed by atoms with Crippen molar-refractivity contribution in [2.24, 2.45) is 4.99 Å². The molecule has 0 bridgehead atoms. The smallest absolute Gasteiger partial charge is 0.240 e. The Bertz CT molecular complexity index is 848. The first-order valence-corrected chi connectivity index (χ1v) is 9.57. The molecule has 2 aromatic rings. The molecule has 6 nitrogen and oxygen atoms in total. The van der Waals surface area contributed by atoms with Gasteiger partial charge in [0.15, 0.2) is 5.17 Å². The lowest BCUT2D eigenvalue weighted by Crippen LogP contribution is -2.28. The number of nitrogens with zero attached hydrogens (tertiary/aromatic N) is 1. The average molecular weight is 383 g/mol. The zero-order valence-corrected chi connectivity index (χ0v) is 16.0. The van der Waals surface area contributed by atoms with Crippen molar-refractivity contribution in [2.75, 3.05) is 11.9 Å². The molecule has 1 heterocycles. The summed E-state index contributed by atoms with van der Waals surface area (Å²) in [6, 6.07) is 14.8. The van der Waals surface area contributed by atoms with Gasteiger partial charge in [-0.15, -0.1) is 0 Å². The third kappa shape index (κ3) is 5.34. The summed E-state index contributed by atoms with van der Waals surface area (Å²) in [7, 11) is 0. The molecule has 2 aromatic carbocycles. The SMILES string of the molecule is CCOc1ccc(N=C2NC(=O)[C@H](CC(=O)Nc3ccc(C)cc3)S2)cc1. The summed E-state index contributed by atoms with van der Waals surface area (Å²) in [6.07, 6.45) is 0.0900. The number of aliphatic imine (C=N–C) groups is 1. The van der Waals surface area contributed by atoms with E-state index in [1.54, 1.807) is 0 Å². The fourth-order valence-electron chi connectivity index (χ4n) is 2.51. The number of carbonyl (C=O) groups excluding carboxylic acids is 2. The van der Waals surface area contributed by atoms with Gasteiger partial charge in [0.05, 0.1) is 12.3 Å². The van der Waals surface area contributed by atoms with Gasteiger partial charge in [-0.2, -0.15) is 0 Å². The van der Waals surface area contributed by atoms with E-state index in [0.717, 1.165) is 17.0 Å². The molecule has 0 unspecified atom stereocenters. The summed E-state index contributed by atoms with van der Waals surface area (Å²) in [5, 5.41) is 5.55. The van der Waals surface area contributed by atoms with Crippen LogP contribution in [0.25, 0.3) is 0 Å². The standard InChI is InChI=1S/C20H21N3O3S/c1-3-26-16-10-8-15(9-11-16)22-20-23-19(25)17(27-20)12-18(24)21-14-6-4-13(2)5-7-14/h4-11,17H,3,12H2,1-2H3,(H,21,24)(H,22,23,25)/t17-/m0/s1. The maximum absolute atomic E-state index is 12.2. The fourth-order valence-corrected chi connectivity index (χ4v) is 3.50. The first kappa shape index (κ1) is 19.0. The van der Waals surface area contributed by atoms with Gasteiger partial charge < -0.3 is 15.4 Å². The van der Waals surface area contributed by atoms with Crippen molar-refractivity contribution in [1.82, 2.24) is 5.32 Å². The normalized spacial score (nSPS) is 17.6. The molecule has 1 saturated heterocycles. The van der Waals surface area contributed by atoms with E-state index >= 15 is 0 Å². The number of benzene rings is 2. The highest BCUT2D eigenvalue weighted by Gasteiger charge is 2.32. The first-order chi connectivity index (χ1) is 13.0. The lowest BCUT2D eigenvalue weighted by atomic mass is 10.2. The van der Waals surface area contributed by atoms with Crippen molar-refractivity contribution < 1.29 is 14.3 Å². The van der Waals surface area contributed by atoms with Crippen LogP contribution in [-0.2, 0) is 9.59 Å². The Kier molecular flexibility index (Phi) is 6.13. The Labute approximate surface area is 162 Å². The van der Waals surface area contributed by atoms with Gasteiger partial charge in [-0.05, 0) is 50.2 Å². The maximum atomic E-state index is 12.2. The summed E-state index contributed by atoms with van der Waals surface area (Å²) < 4.78 is 5.40. The largest absolute Gasteiger partial charge is 0.494 e. The topological polar surface area (TPSA) is 79.8 Å². The lowest BCUT2D eigenvalue weighted by molar-refractivity contribution is -0.122. The molecule has 0 spiro atoms. The number of nitrogens with one attached hydrogen (secondary N) is 2. The van der Waals surface area contributed by atoms with E-state index in [4.69, 9.17) is 4.74 Å². The highest BCUT2D eigenvalue weighted by Crippen LogP contribution is 2.26. The second-order valence-corrected chi connectivity index (χ2v) is 7.25. The van der Waals surface area contributed by atoms with E-state index in [-0.39, 0.29) is 18.2 Å². The van der Waals surface area contributed by atoms with Crippen LogP contribution < -0.4 is 15.4 Å². The molecule has 1 fully saturated rings. The number of hydrogen-bond donors (Lipinski definition) is 2. The van der Waals surface area contributed by atoms with Crippen molar-refractivity contribution in [3.63, 3.8) is 0 Å². The molecule has 140 valence electrons. The van der Waals surface area contributed by atoms with Crippen LogP contribution in [0, 0.1) is 6.92 Å². The summed E-state index contributed by atoms with van der Waals surface area (Å²) >= 11 is 1.27. The fraction of sp³-hybridized carbons (Fsp3) is 0.250. The molecular weight excluding hydrogens is 362 g/mol. The van der Waals surface area contributed by atoms with Gasteiger partial charge in [-0.1, -0.05) is 29.5 Å². The number of rotatable bonds is 6. The Morgan fingerprint density at radius 3 is 2.56 bits per heavy atom. The average Bonchev–Trinajstić information content (AvgIpc) is 2.98. The Morgan fingerprint density at radius 1 is 1.19 bits per heavy atom. The Hall–Kier alpha value is -2.80. The molecule has 1 aliphatic heterocycles. The van der Waals surface area contributed by atoms with Gasteiger partial charge in [-0.25, -0.2) is 4.99 Å². The van der Waals surface area contributed by atoms with Gasteiger partial charge in [0, 0.05) is 12.1 Å². The molecule has 1 atom stereocenters. The van der Waals surface area contributed by atoms with E-state index in [1.807, 2.05) is 62.4 Å². The predicted molar refractivity (Wildman–Crippen MR) is 109 cm³/mol. The molecule has 0 aromatic heterocycles. The van der Waals surface area contributed by atoms with Crippen LogP contribution in [0.2, 0.25) is 0 Å². The number of amidine groups is 1. The molecule has 7 heteroatoms. The van der Waals surface area contributed by atoms with Gasteiger partial charge in [0.25, 0.3) is 0 Å². The minimum Gasteiger partial charge on any atom is -0.494 e. The zero-order chi connectivity index (χ0) is 19.2. The highest BCUT2D eigenvalue weighted by atomic mass is 32.2. The van der Waals surface area contributed by atoms with E-state index in [0.29, 0.717) is 17.5 Å². The van der Waals surface area contributed by atoms with Crippen LogP contribution in [0.15, 0.2) is 53.5 Å². The second-order valence-electron chi connectivity index (χ2n) is 6.06. The van der Waals surface area contributed by atoms with Gasteiger partial charge >= 0.3 is 0 Å². The van der Waals surface area contributed by atoms with Gasteiger partial charge in [0.2, 0.25) is 11.8 Å².